The average Bonchev–Trinajstić information content (AvgIpc) is 2.47. The van der Waals surface area contributed by atoms with Crippen LogP contribution in [0.25, 0.3) is 0 Å². The van der Waals surface area contributed by atoms with Gasteiger partial charge in [-0.3, -0.25) is 14.3 Å². The van der Waals surface area contributed by atoms with Crippen LogP contribution in [0, 0.1) is 11.3 Å². The normalized spacial score (nSPS) is 11.8. The van der Waals surface area contributed by atoms with E-state index in [-0.39, 0.29) is 12.1 Å². The van der Waals surface area contributed by atoms with E-state index >= 15 is 0 Å². The molecule has 0 radical (unpaired) electrons. The Bertz CT molecular complexity index is 738. The lowest BCUT2D eigenvalue weighted by Crippen LogP contribution is -2.32. The van der Waals surface area contributed by atoms with Crippen LogP contribution in [0.15, 0.2) is 46.1 Å². The van der Waals surface area contributed by atoms with Crippen molar-refractivity contribution in [1.82, 2.24) is 9.55 Å². The zero-order valence-electron chi connectivity index (χ0n) is 11.2. The molecule has 0 aliphatic heterocycles. The number of nitriles is 1. The Morgan fingerprint density at radius 3 is 2.60 bits per heavy atom. The van der Waals surface area contributed by atoms with Crippen molar-refractivity contribution in [3.05, 3.63) is 68.5 Å². The first-order valence-electron chi connectivity index (χ1n) is 6.43. The zero-order valence-corrected chi connectivity index (χ0v) is 11.2. The smallest absolute Gasteiger partial charge is 0.299 e. The maximum absolute atomic E-state index is 11.8. The first-order chi connectivity index (χ1) is 9.65. The number of rotatable bonds is 4. The molecule has 5 nitrogen and oxygen atoms in total. The van der Waals surface area contributed by atoms with Crippen LogP contribution in [0.3, 0.4) is 0 Å². The summed E-state index contributed by atoms with van der Waals surface area (Å²) < 4.78 is 1.39. The number of aryl methyl sites for hydroxylation is 1. The lowest BCUT2D eigenvalue weighted by Gasteiger charge is -2.12. The number of H-pyrrole nitrogens is 1. The highest BCUT2D eigenvalue weighted by Gasteiger charge is 2.13. The SMILES string of the molecule is CCc1cn(CC(C#N)c2ccccc2)c(=O)[nH]c1=O. The summed E-state index contributed by atoms with van der Waals surface area (Å²) in [5.41, 5.74) is 0.547. The molecule has 5 heteroatoms. The molecule has 1 heterocycles. The number of aromatic nitrogens is 2. The minimum atomic E-state index is -0.483. The molecule has 1 aromatic heterocycles. The standard InChI is InChI=1S/C15H15N3O2/c1-2-11-9-18(15(20)17-14(11)19)10-13(8-16)12-6-4-3-5-7-12/h3-7,9,13H,2,10H2,1H3,(H,17,19,20). The van der Waals surface area contributed by atoms with Crippen molar-refractivity contribution in [2.75, 3.05) is 0 Å². The molecule has 0 spiro atoms. The van der Waals surface area contributed by atoms with Crippen molar-refractivity contribution in [2.24, 2.45) is 0 Å². The van der Waals surface area contributed by atoms with E-state index in [1.807, 2.05) is 37.3 Å². The van der Waals surface area contributed by atoms with Gasteiger partial charge in [-0.05, 0) is 12.0 Å². The first-order valence-corrected chi connectivity index (χ1v) is 6.43. The Balaban J connectivity index is 2.36. The average molecular weight is 269 g/mol. The molecule has 0 amide bonds. The fourth-order valence-corrected chi connectivity index (χ4v) is 2.04. The van der Waals surface area contributed by atoms with Gasteiger partial charge in [-0.1, -0.05) is 37.3 Å². The molecule has 0 saturated carbocycles. The van der Waals surface area contributed by atoms with E-state index in [1.165, 1.54) is 10.8 Å². The molecule has 20 heavy (non-hydrogen) atoms. The van der Waals surface area contributed by atoms with Gasteiger partial charge in [0.15, 0.2) is 0 Å². The molecule has 1 atom stereocenters. The number of benzene rings is 1. The third-order valence-electron chi connectivity index (χ3n) is 3.20. The van der Waals surface area contributed by atoms with Crippen molar-refractivity contribution in [3.8, 4) is 6.07 Å². The molecule has 0 saturated heterocycles. The maximum atomic E-state index is 11.8. The molecule has 0 bridgehead atoms. The Morgan fingerprint density at radius 2 is 2.00 bits per heavy atom. The Morgan fingerprint density at radius 1 is 1.30 bits per heavy atom. The molecular weight excluding hydrogens is 254 g/mol. The van der Waals surface area contributed by atoms with Crippen LogP contribution in [0.2, 0.25) is 0 Å². The van der Waals surface area contributed by atoms with Crippen LogP contribution in [0.5, 0.6) is 0 Å². The molecule has 1 aromatic carbocycles. The van der Waals surface area contributed by atoms with Gasteiger partial charge in [-0.25, -0.2) is 4.79 Å². The van der Waals surface area contributed by atoms with Gasteiger partial charge in [-0.15, -0.1) is 0 Å². The highest BCUT2D eigenvalue weighted by molar-refractivity contribution is 5.24. The molecular formula is C15H15N3O2. The summed E-state index contributed by atoms with van der Waals surface area (Å²) in [6.45, 7) is 2.07. The predicted molar refractivity (Wildman–Crippen MR) is 75.5 cm³/mol. The minimum Gasteiger partial charge on any atom is -0.299 e. The highest BCUT2D eigenvalue weighted by atomic mass is 16.2. The second-order valence-corrected chi connectivity index (χ2v) is 4.51. The number of nitrogens with zero attached hydrogens (tertiary/aromatic N) is 2. The van der Waals surface area contributed by atoms with Gasteiger partial charge in [-0.2, -0.15) is 5.26 Å². The summed E-state index contributed by atoms with van der Waals surface area (Å²) in [6.07, 6.45) is 2.08. The van der Waals surface area contributed by atoms with Crippen molar-refractivity contribution in [2.45, 2.75) is 25.8 Å². The van der Waals surface area contributed by atoms with Crippen LogP contribution >= 0.6 is 0 Å². The van der Waals surface area contributed by atoms with E-state index in [4.69, 9.17) is 0 Å². The molecule has 0 fully saturated rings. The van der Waals surface area contributed by atoms with Gasteiger partial charge in [0.1, 0.15) is 0 Å². The Labute approximate surface area is 116 Å². The fraction of sp³-hybridized carbons (Fsp3) is 0.267. The van der Waals surface area contributed by atoms with Crippen molar-refractivity contribution >= 4 is 0 Å². The molecule has 2 rings (SSSR count). The first kappa shape index (κ1) is 13.8. The topological polar surface area (TPSA) is 78.7 Å². The van der Waals surface area contributed by atoms with E-state index < -0.39 is 11.6 Å². The summed E-state index contributed by atoms with van der Waals surface area (Å²) in [6, 6.07) is 11.5. The highest BCUT2D eigenvalue weighted by Crippen LogP contribution is 2.15. The fourth-order valence-electron chi connectivity index (χ4n) is 2.04. The second kappa shape index (κ2) is 6.02. The summed E-state index contributed by atoms with van der Waals surface area (Å²) in [4.78, 5) is 25.6. The van der Waals surface area contributed by atoms with Crippen molar-refractivity contribution in [1.29, 1.82) is 5.26 Å². The quantitative estimate of drug-likeness (QED) is 0.911. The predicted octanol–water partition coefficient (Wildman–Crippen LogP) is 1.41. The molecule has 102 valence electrons. The lowest BCUT2D eigenvalue weighted by molar-refractivity contribution is 0.600. The Hall–Kier alpha value is -2.61. The van der Waals surface area contributed by atoms with E-state index in [9.17, 15) is 14.9 Å². The van der Waals surface area contributed by atoms with Gasteiger partial charge in [0.2, 0.25) is 0 Å². The van der Waals surface area contributed by atoms with Crippen LogP contribution in [-0.4, -0.2) is 9.55 Å². The third kappa shape index (κ3) is 2.86. The van der Waals surface area contributed by atoms with Crippen molar-refractivity contribution < 1.29 is 0 Å². The number of hydrogen-bond acceptors (Lipinski definition) is 3. The number of nitrogens with one attached hydrogen (secondary N) is 1. The van der Waals surface area contributed by atoms with Crippen LogP contribution in [-0.2, 0) is 13.0 Å². The summed E-state index contributed by atoms with van der Waals surface area (Å²) in [7, 11) is 0. The number of hydrogen-bond donors (Lipinski definition) is 1. The summed E-state index contributed by atoms with van der Waals surface area (Å²) >= 11 is 0. The van der Waals surface area contributed by atoms with Gasteiger partial charge in [0.25, 0.3) is 5.56 Å². The van der Waals surface area contributed by atoms with Crippen LogP contribution in [0.1, 0.15) is 24.0 Å². The number of aromatic amines is 1. The molecule has 0 aliphatic carbocycles. The van der Waals surface area contributed by atoms with E-state index in [0.717, 1.165) is 5.56 Å². The van der Waals surface area contributed by atoms with E-state index in [0.29, 0.717) is 12.0 Å². The largest absolute Gasteiger partial charge is 0.328 e. The lowest BCUT2D eigenvalue weighted by atomic mass is 10.0. The molecule has 1 N–H and O–H groups in total. The second-order valence-electron chi connectivity index (χ2n) is 4.51. The zero-order chi connectivity index (χ0) is 14.5. The minimum absolute atomic E-state index is 0.225. The van der Waals surface area contributed by atoms with Gasteiger partial charge in [0, 0.05) is 18.3 Å². The van der Waals surface area contributed by atoms with E-state index in [2.05, 4.69) is 11.1 Å². The van der Waals surface area contributed by atoms with E-state index in [1.54, 1.807) is 0 Å². The van der Waals surface area contributed by atoms with Crippen molar-refractivity contribution in [3.63, 3.8) is 0 Å². The third-order valence-corrected chi connectivity index (χ3v) is 3.20. The van der Waals surface area contributed by atoms with Crippen LogP contribution in [0.4, 0.5) is 0 Å². The molecule has 1 unspecified atom stereocenters. The molecule has 2 aromatic rings. The van der Waals surface area contributed by atoms with Gasteiger partial charge < -0.3 is 0 Å². The van der Waals surface area contributed by atoms with Gasteiger partial charge >= 0.3 is 5.69 Å². The molecule has 0 aliphatic rings. The summed E-state index contributed by atoms with van der Waals surface area (Å²) in [5, 5.41) is 9.28. The maximum Gasteiger partial charge on any atom is 0.328 e. The Kier molecular flexibility index (Phi) is 4.16. The summed E-state index contributed by atoms with van der Waals surface area (Å²) in [5.74, 6) is -0.426. The monoisotopic (exact) mass is 269 g/mol. The van der Waals surface area contributed by atoms with Gasteiger partial charge in [0.05, 0.1) is 12.0 Å². The van der Waals surface area contributed by atoms with Crippen LogP contribution < -0.4 is 11.2 Å².